The van der Waals surface area contributed by atoms with Crippen LogP contribution in [0.25, 0.3) is 0 Å². The monoisotopic (exact) mass is 870 g/mol. The van der Waals surface area contributed by atoms with Gasteiger partial charge in [-0.2, -0.15) is 0 Å². The first-order valence-electron chi connectivity index (χ1n) is 23.0. The van der Waals surface area contributed by atoms with Crippen LogP contribution in [0, 0.1) is 29.6 Å². The smallest absolute Gasteiger partial charge is 0.329 e. The van der Waals surface area contributed by atoms with Crippen molar-refractivity contribution in [3.05, 3.63) is 47.6 Å². The normalized spacial score (nSPS) is 40.0. The number of carbonyl (C=O) groups is 5. The van der Waals surface area contributed by atoms with E-state index in [1.165, 1.54) is 4.90 Å². The number of nitrogens with zero attached hydrogens (tertiary/aromatic N) is 1. The van der Waals surface area contributed by atoms with Gasteiger partial charge in [0.25, 0.3) is 11.7 Å². The van der Waals surface area contributed by atoms with E-state index < -0.39 is 71.8 Å². The summed E-state index contributed by atoms with van der Waals surface area (Å²) in [4.78, 5) is 70.7. The van der Waals surface area contributed by atoms with E-state index in [2.05, 4.69) is 0 Å². The molecule has 0 aromatic rings. The lowest BCUT2D eigenvalue weighted by Gasteiger charge is -2.42. The third-order valence-corrected chi connectivity index (χ3v) is 13.8. The number of fused-ring (bicyclic) bond motifs is 3. The minimum atomic E-state index is -2.41. The Bertz CT molecular complexity index is 1670. The zero-order valence-corrected chi connectivity index (χ0v) is 38.5. The van der Waals surface area contributed by atoms with Gasteiger partial charge in [-0.05, 0) is 107 Å². The summed E-state index contributed by atoms with van der Waals surface area (Å²) >= 11 is 0. The fraction of sp³-hybridized carbons (Fsp3) is 0.735. The van der Waals surface area contributed by atoms with Gasteiger partial charge < -0.3 is 39.2 Å². The lowest BCUT2D eigenvalue weighted by molar-refractivity contribution is -0.265. The molecule has 13 nitrogen and oxygen atoms in total. The van der Waals surface area contributed by atoms with Crippen LogP contribution in [-0.2, 0) is 42.9 Å². The molecule has 62 heavy (non-hydrogen) atoms. The maximum atomic E-state index is 14.2. The summed E-state index contributed by atoms with van der Waals surface area (Å²) in [7, 11) is 3.15. The molecule has 0 aromatic heterocycles. The number of aliphatic hydroxyl groups excluding tert-OH is 2. The molecule has 3 heterocycles. The summed E-state index contributed by atoms with van der Waals surface area (Å²) < 4.78 is 23.6. The summed E-state index contributed by atoms with van der Waals surface area (Å²) in [5.41, 5.74) is 1.39. The first kappa shape index (κ1) is 51.3. The quantitative estimate of drug-likeness (QED) is 0.159. The van der Waals surface area contributed by atoms with Crippen LogP contribution in [0.3, 0.4) is 0 Å². The molecule has 0 aromatic carbocycles. The second-order valence-corrected chi connectivity index (χ2v) is 18.7. The zero-order chi connectivity index (χ0) is 45.7. The molecule has 348 valence electrons. The van der Waals surface area contributed by atoms with Crippen molar-refractivity contribution in [3.8, 4) is 0 Å². The van der Waals surface area contributed by atoms with Gasteiger partial charge in [-0.3, -0.25) is 19.2 Å². The number of hydrogen-bond donors (Lipinski definition) is 3. The predicted molar refractivity (Wildman–Crippen MR) is 234 cm³/mol. The molecular formula is C49H75NO12. The number of rotatable bonds is 5. The van der Waals surface area contributed by atoms with Gasteiger partial charge in [-0.15, -0.1) is 0 Å². The number of carbonyl (C=O) groups excluding carboxylic acids is 5. The van der Waals surface area contributed by atoms with E-state index in [0.717, 1.165) is 12.0 Å². The van der Waals surface area contributed by atoms with Crippen molar-refractivity contribution in [1.29, 1.82) is 0 Å². The standard InChI is InChI=1S/C49H75NO12/c1-30-14-10-9-11-15-31(2)44(59-7)28-38-20-17-35(6)49(58,62-38)46(55)47(56)50-23-13-12-16-39(50)48(57)61-37(21-18-36-19-22-40(51)45(26-36)60-8)27-41(52)33(4)25-34(5)43(54)29-42(53)32(3)24-30/h9-11,14-15,25,30,32-33,35-40,43-45,51,54,58H,12-13,16-24,26-29H2,1-8H3/b11-9+,14-10+,31-15+,34-25+/t30-,32-,33-,35-,36-,37-,38+,39+,40-,43+,44+,45-,49-/m1/s1. The Kier molecular flexibility index (Phi) is 19.9. The van der Waals surface area contributed by atoms with E-state index in [1.54, 1.807) is 41.1 Å². The molecule has 2 saturated heterocycles. The molecule has 2 bridgehead atoms. The number of esters is 1. The Morgan fingerprint density at radius 1 is 0.806 bits per heavy atom. The first-order chi connectivity index (χ1) is 29.4. The van der Waals surface area contributed by atoms with Crippen LogP contribution in [-0.4, -0.2) is 119 Å². The minimum absolute atomic E-state index is 0.0714. The number of amides is 1. The molecule has 0 unspecified atom stereocenters. The molecule has 13 heteroatoms. The van der Waals surface area contributed by atoms with Gasteiger partial charge in [-0.1, -0.05) is 64.2 Å². The molecule has 3 aliphatic heterocycles. The van der Waals surface area contributed by atoms with Crippen molar-refractivity contribution in [1.82, 2.24) is 4.90 Å². The van der Waals surface area contributed by atoms with Gasteiger partial charge in [0.2, 0.25) is 5.79 Å². The van der Waals surface area contributed by atoms with E-state index in [-0.39, 0.29) is 61.2 Å². The Balaban J connectivity index is 1.64. The SMILES string of the molecule is CO[C@H]1C[C@@H]2CC[C@@H](C)[C@@](O)(O2)C(=O)C(=O)N2CCCC[C@H]2C(=O)O[C@H](CC[C@@H]2CC[C@@H](O)[C@H](OC)C2)CC(=O)[C@H](C)/C=C(\C)[C@@H](O)CC(=O)[C@H](C)C[C@H](C)/C=C/C=C/C=C/1C. The Hall–Kier alpha value is -3.33. The summed E-state index contributed by atoms with van der Waals surface area (Å²) in [5, 5.41) is 33.3. The van der Waals surface area contributed by atoms with E-state index in [4.69, 9.17) is 18.9 Å². The lowest BCUT2D eigenvalue weighted by Crippen LogP contribution is -2.60. The molecule has 4 rings (SSSR count). The second-order valence-electron chi connectivity index (χ2n) is 18.7. The highest BCUT2D eigenvalue weighted by atomic mass is 16.6. The average molecular weight is 870 g/mol. The minimum Gasteiger partial charge on any atom is -0.460 e. The molecule has 4 aliphatic rings. The molecule has 3 fully saturated rings. The van der Waals surface area contributed by atoms with E-state index in [0.29, 0.717) is 69.8 Å². The molecular weight excluding hydrogens is 795 g/mol. The number of Topliss-reactive ketones (excluding diaryl/α,β-unsaturated/α-hetero) is 3. The van der Waals surface area contributed by atoms with Gasteiger partial charge in [0.1, 0.15) is 23.7 Å². The van der Waals surface area contributed by atoms with Crippen molar-refractivity contribution in [2.75, 3.05) is 20.8 Å². The molecule has 3 N–H and O–H groups in total. The largest absolute Gasteiger partial charge is 0.460 e. The fourth-order valence-electron chi connectivity index (χ4n) is 9.45. The topological polar surface area (TPSA) is 186 Å². The van der Waals surface area contributed by atoms with Crippen molar-refractivity contribution in [3.63, 3.8) is 0 Å². The fourth-order valence-corrected chi connectivity index (χ4v) is 9.45. The highest BCUT2D eigenvalue weighted by Crippen LogP contribution is 2.37. The number of hydrogen-bond acceptors (Lipinski definition) is 12. The molecule has 1 aliphatic carbocycles. The molecule has 1 saturated carbocycles. The van der Waals surface area contributed by atoms with Crippen LogP contribution < -0.4 is 0 Å². The number of allylic oxidation sites excluding steroid dienone is 6. The van der Waals surface area contributed by atoms with E-state index in [1.807, 2.05) is 51.2 Å². The summed E-state index contributed by atoms with van der Waals surface area (Å²) in [6, 6.07) is -1.11. The molecule has 13 atom stereocenters. The van der Waals surface area contributed by atoms with E-state index >= 15 is 0 Å². The third kappa shape index (κ3) is 14.1. The molecule has 0 spiro atoms. The Morgan fingerprint density at radius 2 is 1.55 bits per heavy atom. The van der Waals surface area contributed by atoms with Gasteiger partial charge in [0, 0.05) is 57.8 Å². The van der Waals surface area contributed by atoms with Gasteiger partial charge in [0.15, 0.2) is 0 Å². The van der Waals surface area contributed by atoms with Crippen LogP contribution in [0.15, 0.2) is 47.6 Å². The molecule has 0 radical (unpaired) electrons. The van der Waals surface area contributed by atoms with Crippen LogP contribution in [0.1, 0.15) is 131 Å². The number of ketones is 3. The van der Waals surface area contributed by atoms with Gasteiger partial charge >= 0.3 is 5.97 Å². The lowest BCUT2D eigenvalue weighted by atomic mass is 9.81. The number of aliphatic hydroxyl groups is 3. The highest BCUT2D eigenvalue weighted by molar-refractivity contribution is 6.39. The molecule has 1 amide bonds. The second kappa shape index (κ2) is 24.1. The Morgan fingerprint density at radius 3 is 2.26 bits per heavy atom. The summed E-state index contributed by atoms with van der Waals surface area (Å²) in [6.07, 6.45) is 13.4. The number of piperidine rings is 1. The van der Waals surface area contributed by atoms with Crippen LogP contribution in [0.2, 0.25) is 0 Å². The Labute approximate surface area is 369 Å². The number of cyclic esters (lactones) is 1. The van der Waals surface area contributed by atoms with Crippen molar-refractivity contribution >= 4 is 29.2 Å². The summed E-state index contributed by atoms with van der Waals surface area (Å²) in [6.45, 7) is 11.0. The van der Waals surface area contributed by atoms with Crippen molar-refractivity contribution in [2.45, 2.75) is 180 Å². The number of methoxy groups -OCH3 is 2. The van der Waals surface area contributed by atoms with Gasteiger partial charge in [0.05, 0.1) is 30.5 Å². The van der Waals surface area contributed by atoms with Gasteiger partial charge in [-0.25, -0.2) is 4.79 Å². The first-order valence-corrected chi connectivity index (χ1v) is 23.0. The van der Waals surface area contributed by atoms with Crippen LogP contribution >= 0.6 is 0 Å². The van der Waals surface area contributed by atoms with Crippen LogP contribution in [0.4, 0.5) is 0 Å². The predicted octanol–water partition coefficient (Wildman–Crippen LogP) is 6.31. The van der Waals surface area contributed by atoms with Crippen molar-refractivity contribution < 1.29 is 58.2 Å². The third-order valence-electron chi connectivity index (χ3n) is 13.8. The van der Waals surface area contributed by atoms with Crippen LogP contribution in [0.5, 0.6) is 0 Å². The highest BCUT2D eigenvalue weighted by Gasteiger charge is 2.53. The average Bonchev–Trinajstić information content (AvgIpc) is 3.24. The van der Waals surface area contributed by atoms with E-state index in [9.17, 15) is 39.3 Å². The zero-order valence-electron chi connectivity index (χ0n) is 38.5. The summed E-state index contributed by atoms with van der Waals surface area (Å²) in [5.74, 6) is -6.99. The maximum absolute atomic E-state index is 14.2. The number of ether oxygens (including phenoxy) is 4. The van der Waals surface area contributed by atoms with Crippen molar-refractivity contribution in [2.24, 2.45) is 29.6 Å². The maximum Gasteiger partial charge on any atom is 0.329 e.